The Bertz CT molecular complexity index is 375. The Morgan fingerprint density at radius 1 is 1.05 bits per heavy atom. The number of aryl methyl sites for hydroxylation is 1. The van der Waals surface area contributed by atoms with Gasteiger partial charge in [0.2, 0.25) is 0 Å². The minimum absolute atomic E-state index is 0.605. The standard InChI is InChI=1S/C14H25N3O3/c1-12-10-13(11-15-5-7-18-2)17-14(16-12)4-6-20-9-8-19-3/h10,15H,4-9,11H2,1-3H3. The Hall–Kier alpha value is -1.08. The zero-order valence-corrected chi connectivity index (χ0v) is 12.6. The first kappa shape index (κ1) is 17.0. The van der Waals surface area contributed by atoms with E-state index in [1.165, 1.54) is 0 Å². The van der Waals surface area contributed by atoms with Gasteiger partial charge in [-0.05, 0) is 13.0 Å². The van der Waals surface area contributed by atoms with E-state index in [-0.39, 0.29) is 0 Å². The molecule has 0 radical (unpaired) electrons. The number of rotatable bonds is 11. The molecule has 0 unspecified atom stereocenters. The highest BCUT2D eigenvalue weighted by Gasteiger charge is 2.02. The van der Waals surface area contributed by atoms with E-state index < -0.39 is 0 Å². The predicted octanol–water partition coefficient (Wildman–Crippen LogP) is 0.727. The zero-order chi connectivity index (χ0) is 14.6. The molecule has 1 heterocycles. The van der Waals surface area contributed by atoms with Crippen molar-refractivity contribution in [1.29, 1.82) is 0 Å². The number of aromatic nitrogens is 2. The molecule has 6 nitrogen and oxygen atoms in total. The molecule has 1 N–H and O–H groups in total. The topological polar surface area (TPSA) is 65.5 Å². The molecular weight excluding hydrogens is 258 g/mol. The summed E-state index contributed by atoms with van der Waals surface area (Å²) in [5.74, 6) is 0.825. The van der Waals surface area contributed by atoms with Gasteiger partial charge in [0.1, 0.15) is 5.82 Å². The highest BCUT2D eigenvalue weighted by Crippen LogP contribution is 2.02. The Morgan fingerprint density at radius 2 is 1.85 bits per heavy atom. The van der Waals surface area contributed by atoms with Crippen LogP contribution in [-0.2, 0) is 27.2 Å². The molecule has 1 rings (SSSR count). The molecular formula is C14H25N3O3. The summed E-state index contributed by atoms with van der Waals surface area (Å²) < 4.78 is 15.3. The summed E-state index contributed by atoms with van der Waals surface area (Å²) >= 11 is 0. The van der Waals surface area contributed by atoms with Crippen molar-refractivity contribution >= 4 is 0 Å². The van der Waals surface area contributed by atoms with Crippen LogP contribution >= 0.6 is 0 Å². The first-order chi connectivity index (χ1) is 9.76. The minimum atomic E-state index is 0.605. The van der Waals surface area contributed by atoms with Crippen molar-refractivity contribution < 1.29 is 14.2 Å². The number of ether oxygens (including phenoxy) is 3. The van der Waals surface area contributed by atoms with Gasteiger partial charge >= 0.3 is 0 Å². The Balaban J connectivity index is 2.36. The number of nitrogens with zero attached hydrogens (tertiary/aromatic N) is 2. The molecule has 0 aliphatic rings. The second-order valence-corrected chi connectivity index (χ2v) is 4.44. The van der Waals surface area contributed by atoms with Crippen molar-refractivity contribution in [3.8, 4) is 0 Å². The van der Waals surface area contributed by atoms with E-state index in [2.05, 4.69) is 15.3 Å². The lowest BCUT2D eigenvalue weighted by atomic mass is 10.3. The van der Waals surface area contributed by atoms with Gasteiger partial charge < -0.3 is 19.5 Å². The summed E-state index contributed by atoms with van der Waals surface area (Å²) in [4.78, 5) is 8.94. The first-order valence-electron chi connectivity index (χ1n) is 6.86. The lowest BCUT2D eigenvalue weighted by Gasteiger charge is -2.08. The molecule has 0 spiro atoms. The molecule has 1 aromatic rings. The van der Waals surface area contributed by atoms with E-state index in [4.69, 9.17) is 14.2 Å². The minimum Gasteiger partial charge on any atom is -0.383 e. The zero-order valence-electron chi connectivity index (χ0n) is 12.6. The molecule has 0 fully saturated rings. The van der Waals surface area contributed by atoms with E-state index in [0.717, 1.165) is 36.7 Å². The predicted molar refractivity (Wildman–Crippen MR) is 76.8 cm³/mol. The Kier molecular flexibility index (Phi) is 9.06. The van der Waals surface area contributed by atoms with Gasteiger partial charge in [0.25, 0.3) is 0 Å². The molecule has 0 bridgehead atoms. The molecule has 114 valence electrons. The van der Waals surface area contributed by atoms with Crippen LogP contribution in [0.15, 0.2) is 6.07 Å². The lowest BCUT2D eigenvalue weighted by molar-refractivity contribution is 0.0716. The van der Waals surface area contributed by atoms with Crippen molar-refractivity contribution in [1.82, 2.24) is 15.3 Å². The Morgan fingerprint density at radius 3 is 2.60 bits per heavy atom. The molecule has 0 aliphatic heterocycles. The van der Waals surface area contributed by atoms with Crippen molar-refractivity contribution in [3.05, 3.63) is 23.3 Å². The number of hydrogen-bond donors (Lipinski definition) is 1. The van der Waals surface area contributed by atoms with Gasteiger partial charge in [-0.1, -0.05) is 0 Å². The fraction of sp³-hybridized carbons (Fsp3) is 0.714. The van der Waals surface area contributed by atoms with Crippen LogP contribution in [0.5, 0.6) is 0 Å². The second kappa shape index (κ2) is 10.7. The summed E-state index contributed by atoms with van der Waals surface area (Å²) in [6.07, 6.45) is 0.719. The van der Waals surface area contributed by atoms with Gasteiger partial charge in [-0.25, -0.2) is 9.97 Å². The monoisotopic (exact) mass is 283 g/mol. The summed E-state index contributed by atoms with van der Waals surface area (Å²) in [6, 6.07) is 2.00. The molecule has 0 saturated heterocycles. The average Bonchev–Trinajstić information content (AvgIpc) is 2.43. The fourth-order valence-electron chi connectivity index (χ4n) is 1.70. The summed E-state index contributed by atoms with van der Waals surface area (Å²) in [5.41, 5.74) is 1.98. The van der Waals surface area contributed by atoms with Crippen LogP contribution in [0.2, 0.25) is 0 Å². The second-order valence-electron chi connectivity index (χ2n) is 4.44. The normalized spacial score (nSPS) is 10.9. The van der Waals surface area contributed by atoms with Gasteiger partial charge in [-0.3, -0.25) is 0 Å². The highest BCUT2D eigenvalue weighted by molar-refractivity contribution is 5.10. The van der Waals surface area contributed by atoms with E-state index in [1.54, 1.807) is 14.2 Å². The quantitative estimate of drug-likeness (QED) is 0.604. The van der Waals surface area contributed by atoms with E-state index in [0.29, 0.717) is 26.4 Å². The van der Waals surface area contributed by atoms with Crippen molar-refractivity contribution in [2.45, 2.75) is 19.9 Å². The largest absolute Gasteiger partial charge is 0.383 e. The molecule has 0 aliphatic carbocycles. The molecule has 6 heteroatoms. The van der Waals surface area contributed by atoms with Gasteiger partial charge in [0.05, 0.1) is 32.1 Å². The highest BCUT2D eigenvalue weighted by atomic mass is 16.5. The van der Waals surface area contributed by atoms with Gasteiger partial charge in [-0.2, -0.15) is 0 Å². The molecule has 20 heavy (non-hydrogen) atoms. The van der Waals surface area contributed by atoms with Gasteiger partial charge in [0, 0.05) is 39.4 Å². The third-order valence-electron chi connectivity index (χ3n) is 2.64. The lowest BCUT2D eigenvalue weighted by Crippen LogP contribution is -2.20. The third kappa shape index (κ3) is 7.49. The fourth-order valence-corrected chi connectivity index (χ4v) is 1.70. The molecule has 0 atom stereocenters. The van der Waals surface area contributed by atoms with Crippen LogP contribution in [-0.4, -0.2) is 57.2 Å². The average molecular weight is 283 g/mol. The van der Waals surface area contributed by atoms with Crippen LogP contribution in [0.25, 0.3) is 0 Å². The number of nitrogens with one attached hydrogen (secondary N) is 1. The summed E-state index contributed by atoms with van der Waals surface area (Å²) in [6.45, 7) is 6.06. The van der Waals surface area contributed by atoms with E-state index in [9.17, 15) is 0 Å². The SMILES string of the molecule is COCCNCc1cc(C)nc(CCOCCOC)n1. The third-order valence-corrected chi connectivity index (χ3v) is 2.64. The van der Waals surface area contributed by atoms with Gasteiger partial charge in [-0.15, -0.1) is 0 Å². The van der Waals surface area contributed by atoms with Crippen LogP contribution < -0.4 is 5.32 Å². The number of hydrogen-bond acceptors (Lipinski definition) is 6. The summed E-state index contributed by atoms with van der Waals surface area (Å²) in [7, 11) is 3.36. The maximum absolute atomic E-state index is 5.43. The summed E-state index contributed by atoms with van der Waals surface area (Å²) in [5, 5.41) is 3.28. The Labute approximate surface area is 120 Å². The van der Waals surface area contributed by atoms with Crippen LogP contribution in [0.1, 0.15) is 17.2 Å². The molecule has 0 aromatic carbocycles. The molecule has 1 aromatic heterocycles. The van der Waals surface area contributed by atoms with Crippen molar-refractivity contribution in [2.24, 2.45) is 0 Å². The number of methoxy groups -OCH3 is 2. The van der Waals surface area contributed by atoms with Crippen LogP contribution in [0.3, 0.4) is 0 Å². The van der Waals surface area contributed by atoms with E-state index >= 15 is 0 Å². The van der Waals surface area contributed by atoms with E-state index in [1.807, 2.05) is 13.0 Å². The molecule has 0 amide bonds. The van der Waals surface area contributed by atoms with Crippen molar-refractivity contribution in [3.63, 3.8) is 0 Å². The first-order valence-corrected chi connectivity index (χ1v) is 6.86. The maximum Gasteiger partial charge on any atom is 0.131 e. The molecule has 0 saturated carbocycles. The van der Waals surface area contributed by atoms with Crippen LogP contribution in [0, 0.1) is 6.92 Å². The van der Waals surface area contributed by atoms with Crippen LogP contribution in [0.4, 0.5) is 0 Å². The van der Waals surface area contributed by atoms with Crippen molar-refractivity contribution in [2.75, 3.05) is 47.2 Å². The smallest absolute Gasteiger partial charge is 0.131 e. The maximum atomic E-state index is 5.43. The van der Waals surface area contributed by atoms with Gasteiger partial charge in [0.15, 0.2) is 0 Å².